The molecule has 20 heavy (non-hydrogen) atoms. The molecule has 0 radical (unpaired) electrons. The van der Waals surface area contributed by atoms with E-state index in [1.165, 1.54) is 10.5 Å². The van der Waals surface area contributed by atoms with Crippen LogP contribution in [0.4, 0.5) is 5.69 Å². The summed E-state index contributed by atoms with van der Waals surface area (Å²) in [5.74, 6) is 0.0135. The molecule has 1 aromatic heterocycles. The molecule has 0 aliphatic rings. The molecule has 0 spiro atoms. The van der Waals surface area contributed by atoms with E-state index >= 15 is 0 Å². The molecule has 5 heteroatoms. The van der Waals surface area contributed by atoms with E-state index in [9.17, 15) is 4.79 Å². The summed E-state index contributed by atoms with van der Waals surface area (Å²) >= 11 is 3.37. The van der Waals surface area contributed by atoms with Crippen LogP contribution in [0.3, 0.4) is 0 Å². The van der Waals surface area contributed by atoms with Crippen molar-refractivity contribution in [1.82, 2.24) is 4.90 Å². The second kappa shape index (κ2) is 7.47. The first-order chi connectivity index (χ1) is 9.67. The molecule has 0 fully saturated rings. The first kappa shape index (κ1) is 15.1. The Kier molecular flexibility index (Phi) is 5.64. The van der Waals surface area contributed by atoms with Gasteiger partial charge in [-0.05, 0) is 60.0 Å². The highest BCUT2D eigenvalue weighted by atomic mass is 32.2. The fourth-order valence-corrected chi connectivity index (χ4v) is 2.94. The second-order valence-electron chi connectivity index (χ2n) is 4.58. The molecule has 0 unspecified atom stereocenters. The standard InChI is InChI=1S/C15H18N2OS2/c1-17(9-12-7-8-20-11-12)10-15(18)16-13-3-5-14(19-2)6-4-13/h3-8,11H,9-10H2,1-2H3,(H,16,18). The largest absolute Gasteiger partial charge is 0.325 e. The Bertz CT molecular complexity index is 538. The van der Waals surface area contributed by atoms with Crippen molar-refractivity contribution in [2.24, 2.45) is 0 Å². The number of hydrogen-bond acceptors (Lipinski definition) is 4. The Labute approximate surface area is 128 Å². The van der Waals surface area contributed by atoms with Gasteiger partial charge in [0.25, 0.3) is 0 Å². The minimum atomic E-state index is 0.0135. The van der Waals surface area contributed by atoms with Crippen molar-refractivity contribution >= 4 is 34.7 Å². The third kappa shape index (κ3) is 4.67. The third-order valence-corrected chi connectivity index (χ3v) is 4.30. The molecule has 1 N–H and O–H groups in total. The Morgan fingerprint density at radius 3 is 2.65 bits per heavy atom. The number of nitrogens with zero attached hydrogens (tertiary/aromatic N) is 1. The highest BCUT2D eigenvalue weighted by Crippen LogP contribution is 2.17. The molecule has 0 saturated heterocycles. The molecular formula is C15H18N2OS2. The number of benzene rings is 1. The maximum atomic E-state index is 12.0. The van der Waals surface area contributed by atoms with Crippen molar-refractivity contribution in [2.45, 2.75) is 11.4 Å². The quantitative estimate of drug-likeness (QED) is 0.829. The molecule has 1 amide bonds. The van der Waals surface area contributed by atoms with Gasteiger partial charge in [0.05, 0.1) is 6.54 Å². The van der Waals surface area contributed by atoms with Crippen LogP contribution in [0, 0.1) is 0 Å². The Balaban J connectivity index is 1.82. The fraction of sp³-hybridized carbons (Fsp3) is 0.267. The van der Waals surface area contributed by atoms with Gasteiger partial charge in [-0.1, -0.05) is 0 Å². The molecule has 106 valence electrons. The van der Waals surface area contributed by atoms with Crippen LogP contribution >= 0.6 is 23.1 Å². The van der Waals surface area contributed by atoms with Gasteiger partial charge in [-0.3, -0.25) is 9.69 Å². The summed E-state index contributed by atoms with van der Waals surface area (Å²) in [6.45, 7) is 1.18. The molecule has 1 aromatic carbocycles. The lowest BCUT2D eigenvalue weighted by Crippen LogP contribution is -2.29. The number of thioether (sulfide) groups is 1. The number of rotatable bonds is 6. The van der Waals surface area contributed by atoms with Crippen LogP contribution in [-0.4, -0.2) is 30.7 Å². The van der Waals surface area contributed by atoms with Gasteiger partial charge in [0.1, 0.15) is 0 Å². The zero-order valence-electron chi connectivity index (χ0n) is 11.6. The van der Waals surface area contributed by atoms with Crippen LogP contribution in [0.5, 0.6) is 0 Å². The predicted octanol–water partition coefficient (Wildman–Crippen LogP) is 3.54. The summed E-state index contributed by atoms with van der Waals surface area (Å²) in [5, 5.41) is 7.08. The van der Waals surface area contributed by atoms with Gasteiger partial charge in [-0.25, -0.2) is 0 Å². The molecule has 3 nitrogen and oxygen atoms in total. The fourth-order valence-electron chi connectivity index (χ4n) is 1.87. The highest BCUT2D eigenvalue weighted by Gasteiger charge is 2.07. The number of anilines is 1. The summed E-state index contributed by atoms with van der Waals surface area (Å²) in [7, 11) is 1.95. The minimum Gasteiger partial charge on any atom is -0.325 e. The van der Waals surface area contributed by atoms with Gasteiger partial charge < -0.3 is 5.32 Å². The van der Waals surface area contributed by atoms with Crippen LogP contribution in [0.15, 0.2) is 46.0 Å². The van der Waals surface area contributed by atoms with Gasteiger partial charge in [-0.2, -0.15) is 11.3 Å². The molecular weight excluding hydrogens is 288 g/mol. The van der Waals surface area contributed by atoms with Crippen LogP contribution in [0.1, 0.15) is 5.56 Å². The summed E-state index contributed by atoms with van der Waals surface area (Å²) in [5.41, 5.74) is 2.09. The van der Waals surface area contributed by atoms with Crippen LogP contribution < -0.4 is 5.32 Å². The molecule has 0 bridgehead atoms. The second-order valence-corrected chi connectivity index (χ2v) is 6.24. The monoisotopic (exact) mass is 306 g/mol. The first-order valence-corrected chi connectivity index (χ1v) is 8.47. The number of nitrogens with one attached hydrogen (secondary N) is 1. The molecule has 0 aliphatic carbocycles. The van der Waals surface area contributed by atoms with Crippen molar-refractivity contribution in [3.8, 4) is 0 Å². The molecule has 2 rings (SSSR count). The van der Waals surface area contributed by atoms with E-state index in [2.05, 4.69) is 22.1 Å². The molecule has 0 atom stereocenters. The summed E-state index contributed by atoms with van der Waals surface area (Å²) < 4.78 is 0. The topological polar surface area (TPSA) is 32.3 Å². The number of likely N-dealkylation sites (N-methyl/N-ethyl adjacent to an activating group) is 1. The van der Waals surface area contributed by atoms with E-state index in [-0.39, 0.29) is 5.91 Å². The number of amides is 1. The zero-order chi connectivity index (χ0) is 14.4. The van der Waals surface area contributed by atoms with Crippen molar-refractivity contribution in [3.05, 3.63) is 46.7 Å². The van der Waals surface area contributed by atoms with E-state index in [1.807, 2.05) is 42.5 Å². The number of carbonyl (C=O) groups is 1. The molecule has 0 aliphatic heterocycles. The minimum absolute atomic E-state index is 0.0135. The van der Waals surface area contributed by atoms with E-state index < -0.39 is 0 Å². The van der Waals surface area contributed by atoms with Crippen molar-refractivity contribution in [1.29, 1.82) is 0 Å². The lowest BCUT2D eigenvalue weighted by Gasteiger charge is -2.15. The van der Waals surface area contributed by atoms with Gasteiger partial charge in [0.15, 0.2) is 0 Å². The molecule has 2 aromatic rings. The SMILES string of the molecule is CSc1ccc(NC(=O)CN(C)Cc2ccsc2)cc1. The van der Waals surface area contributed by atoms with Gasteiger partial charge in [-0.15, -0.1) is 11.8 Å². The Morgan fingerprint density at radius 2 is 2.05 bits per heavy atom. The lowest BCUT2D eigenvalue weighted by atomic mass is 10.3. The van der Waals surface area contributed by atoms with Crippen LogP contribution in [0.25, 0.3) is 0 Å². The van der Waals surface area contributed by atoms with Gasteiger partial charge in [0, 0.05) is 17.1 Å². The van der Waals surface area contributed by atoms with E-state index in [4.69, 9.17) is 0 Å². The maximum absolute atomic E-state index is 12.0. The predicted molar refractivity (Wildman–Crippen MR) is 87.5 cm³/mol. The summed E-state index contributed by atoms with van der Waals surface area (Å²) in [6.07, 6.45) is 2.03. The Hall–Kier alpha value is -1.30. The number of carbonyl (C=O) groups excluding carboxylic acids is 1. The Morgan fingerprint density at radius 1 is 1.30 bits per heavy atom. The van der Waals surface area contributed by atoms with Crippen LogP contribution in [-0.2, 0) is 11.3 Å². The highest BCUT2D eigenvalue weighted by molar-refractivity contribution is 7.98. The lowest BCUT2D eigenvalue weighted by molar-refractivity contribution is -0.117. The zero-order valence-corrected chi connectivity index (χ0v) is 13.3. The third-order valence-electron chi connectivity index (χ3n) is 2.82. The number of hydrogen-bond donors (Lipinski definition) is 1. The van der Waals surface area contributed by atoms with Crippen molar-refractivity contribution in [2.75, 3.05) is 25.2 Å². The van der Waals surface area contributed by atoms with Crippen molar-refractivity contribution < 1.29 is 4.79 Å². The average molecular weight is 306 g/mol. The summed E-state index contributed by atoms with van der Waals surface area (Å²) in [4.78, 5) is 15.2. The molecule has 0 saturated carbocycles. The normalized spacial score (nSPS) is 10.8. The van der Waals surface area contributed by atoms with E-state index in [0.717, 1.165) is 12.2 Å². The summed E-state index contributed by atoms with van der Waals surface area (Å²) in [6, 6.07) is 9.97. The maximum Gasteiger partial charge on any atom is 0.238 e. The first-order valence-electron chi connectivity index (χ1n) is 6.31. The smallest absolute Gasteiger partial charge is 0.238 e. The van der Waals surface area contributed by atoms with Gasteiger partial charge in [0.2, 0.25) is 5.91 Å². The number of thiophene rings is 1. The molecule has 1 heterocycles. The van der Waals surface area contributed by atoms with Crippen LogP contribution in [0.2, 0.25) is 0 Å². The van der Waals surface area contributed by atoms with E-state index in [1.54, 1.807) is 23.1 Å². The average Bonchev–Trinajstić information content (AvgIpc) is 2.92. The van der Waals surface area contributed by atoms with Crippen molar-refractivity contribution in [3.63, 3.8) is 0 Å². The van der Waals surface area contributed by atoms with E-state index in [0.29, 0.717) is 6.54 Å². The van der Waals surface area contributed by atoms with Gasteiger partial charge >= 0.3 is 0 Å².